The van der Waals surface area contributed by atoms with Gasteiger partial charge < -0.3 is 15.4 Å². The van der Waals surface area contributed by atoms with Crippen molar-refractivity contribution in [3.05, 3.63) is 95.3 Å². The fourth-order valence-electron chi connectivity index (χ4n) is 3.05. The molecule has 1 aromatic heterocycles. The van der Waals surface area contributed by atoms with Crippen LogP contribution in [0.25, 0.3) is 6.08 Å². The Bertz CT molecular complexity index is 1090. The third-order valence-corrected chi connectivity index (χ3v) is 5.04. The molecule has 0 aliphatic heterocycles. The third kappa shape index (κ3) is 8.26. The van der Waals surface area contributed by atoms with Crippen molar-refractivity contribution in [3.8, 4) is 5.75 Å². The first-order valence-corrected chi connectivity index (χ1v) is 10.9. The van der Waals surface area contributed by atoms with Crippen molar-refractivity contribution in [2.75, 3.05) is 11.9 Å². The third-order valence-electron chi connectivity index (χ3n) is 5.04. The van der Waals surface area contributed by atoms with E-state index in [1.165, 1.54) is 11.6 Å². The SMILES string of the molecule is Cc1ccc(OCCCC(=O)Nc2ccc(CNC(=O)/C=C/c3cnccc3C)cc2)cc1. The molecule has 170 valence electrons. The Morgan fingerprint density at radius 3 is 2.48 bits per heavy atom. The lowest BCUT2D eigenvalue weighted by Gasteiger charge is -2.08. The number of hydrogen-bond donors (Lipinski definition) is 2. The van der Waals surface area contributed by atoms with Gasteiger partial charge in [0.15, 0.2) is 0 Å². The predicted molar refractivity (Wildman–Crippen MR) is 131 cm³/mol. The van der Waals surface area contributed by atoms with Crippen LogP contribution in [0.2, 0.25) is 0 Å². The smallest absolute Gasteiger partial charge is 0.244 e. The molecule has 0 saturated carbocycles. The molecule has 6 nitrogen and oxygen atoms in total. The summed E-state index contributed by atoms with van der Waals surface area (Å²) >= 11 is 0. The van der Waals surface area contributed by atoms with E-state index in [1.54, 1.807) is 18.5 Å². The van der Waals surface area contributed by atoms with Gasteiger partial charge in [-0.2, -0.15) is 0 Å². The second kappa shape index (κ2) is 12.2. The Labute approximate surface area is 194 Å². The lowest BCUT2D eigenvalue weighted by Crippen LogP contribution is -2.20. The number of rotatable bonds is 10. The van der Waals surface area contributed by atoms with Crippen LogP contribution in [0.5, 0.6) is 5.75 Å². The molecular formula is C27H29N3O3. The molecule has 6 heteroatoms. The van der Waals surface area contributed by atoms with Crippen LogP contribution in [0.1, 0.15) is 35.1 Å². The first-order valence-electron chi connectivity index (χ1n) is 10.9. The quantitative estimate of drug-likeness (QED) is 0.348. The topological polar surface area (TPSA) is 80.3 Å². The molecule has 0 unspecified atom stereocenters. The van der Waals surface area contributed by atoms with Crippen molar-refractivity contribution in [3.63, 3.8) is 0 Å². The maximum atomic E-state index is 12.1. The standard InChI is InChI=1S/C27H29N3O3/c1-20-5-12-25(13-6-20)33-17-3-4-27(32)30-24-10-7-22(8-11-24)18-29-26(31)14-9-23-19-28-16-15-21(23)2/h5-16,19H,3-4,17-18H2,1-2H3,(H,29,31)(H,30,32)/b14-9+. The van der Waals surface area contributed by atoms with E-state index < -0.39 is 0 Å². The number of pyridine rings is 1. The number of ether oxygens (including phenoxy) is 1. The van der Waals surface area contributed by atoms with Gasteiger partial charge in [-0.05, 0) is 73.4 Å². The molecule has 0 saturated heterocycles. The highest BCUT2D eigenvalue weighted by atomic mass is 16.5. The molecule has 0 aliphatic rings. The maximum absolute atomic E-state index is 12.1. The summed E-state index contributed by atoms with van der Waals surface area (Å²) < 4.78 is 5.65. The van der Waals surface area contributed by atoms with E-state index in [-0.39, 0.29) is 11.8 Å². The van der Waals surface area contributed by atoms with Crippen LogP contribution in [-0.2, 0) is 16.1 Å². The average molecular weight is 444 g/mol. The first kappa shape index (κ1) is 23.7. The minimum absolute atomic E-state index is 0.0561. The number of anilines is 1. The Morgan fingerprint density at radius 1 is 1.00 bits per heavy atom. The number of aryl methyl sites for hydroxylation is 2. The zero-order valence-electron chi connectivity index (χ0n) is 19.0. The molecule has 0 bridgehead atoms. The summed E-state index contributed by atoms with van der Waals surface area (Å²) in [6.07, 6.45) is 7.72. The van der Waals surface area contributed by atoms with Gasteiger partial charge >= 0.3 is 0 Å². The minimum Gasteiger partial charge on any atom is -0.494 e. The molecule has 2 amide bonds. The fraction of sp³-hybridized carbons (Fsp3) is 0.222. The molecule has 3 rings (SSSR count). The van der Waals surface area contributed by atoms with Gasteiger partial charge in [-0.25, -0.2) is 0 Å². The van der Waals surface area contributed by atoms with Crippen LogP contribution in [0.4, 0.5) is 5.69 Å². The lowest BCUT2D eigenvalue weighted by atomic mass is 10.1. The number of nitrogens with zero attached hydrogens (tertiary/aromatic N) is 1. The van der Waals surface area contributed by atoms with Crippen LogP contribution in [-0.4, -0.2) is 23.4 Å². The zero-order chi connectivity index (χ0) is 23.5. The summed E-state index contributed by atoms with van der Waals surface area (Å²) in [5.74, 6) is 0.578. The highest BCUT2D eigenvalue weighted by molar-refractivity contribution is 5.92. The van der Waals surface area contributed by atoms with E-state index in [0.717, 1.165) is 28.1 Å². The van der Waals surface area contributed by atoms with E-state index in [1.807, 2.05) is 68.4 Å². The minimum atomic E-state index is -0.177. The van der Waals surface area contributed by atoms with Gasteiger partial charge in [-0.1, -0.05) is 29.8 Å². The summed E-state index contributed by atoms with van der Waals surface area (Å²) in [7, 11) is 0. The molecule has 0 fully saturated rings. The normalized spacial score (nSPS) is 10.7. The number of carbonyl (C=O) groups excluding carboxylic acids is 2. The van der Waals surface area contributed by atoms with Gasteiger partial charge in [0, 0.05) is 37.1 Å². The molecule has 2 N–H and O–H groups in total. The molecule has 33 heavy (non-hydrogen) atoms. The summed E-state index contributed by atoms with van der Waals surface area (Å²) in [5, 5.41) is 5.74. The zero-order valence-corrected chi connectivity index (χ0v) is 19.0. The van der Waals surface area contributed by atoms with Crippen molar-refractivity contribution in [1.29, 1.82) is 0 Å². The number of carbonyl (C=O) groups is 2. The number of amides is 2. The summed E-state index contributed by atoms with van der Waals surface area (Å²) in [5.41, 5.74) is 4.82. The Kier molecular flexibility index (Phi) is 8.77. The van der Waals surface area contributed by atoms with Gasteiger partial charge in [0.25, 0.3) is 0 Å². The van der Waals surface area contributed by atoms with E-state index in [4.69, 9.17) is 4.74 Å². The van der Waals surface area contributed by atoms with Crippen LogP contribution in [0, 0.1) is 13.8 Å². The van der Waals surface area contributed by atoms with Gasteiger partial charge in [-0.3, -0.25) is 14.6 Å². The highest BCUT2D eigenvalue weighted by Crippen LogP contribution is 2.13. The summed E-state index contributed by atoms with van der Waals surface area (Å²) in [4.78, 5) is 28.3. The Hall–Kier alpha value is -3.93. The maximum Gasteiger partial charge on any atom is 0.244 e. The van der Waals surface area contributed by atoms with E-state index in [0.29, 0.717) is 26.0 Å². The van der Waals surface area contributed by atoms with Crippen LogP contribution in [0.3, 0.4) is 0 Å². The van der Waals surface area contributed by atoms with Gasteiger partial charge in [-0.15, -0.1) is 0 Å². The van der Waals surface area contributed by atoms with E-state index >= 15 is 0 Å². The number of nitrogens with one attached hydrogen (secondary N) is 2. The molecule has 1 heterocycles. The second-order valence-electron chi connectivity index (χ2n) is 7.79. The fourth-order valence-corrected chi connectivity index (χ4v) is 3.05. The largest absolute Gasteiger partial charge is 0.494 e. The van der Waals surface area contributed by atoms with Gasteiger partial charge in [0.05, 0.1) is 6.61 Å². The van der Waals surface area contributed by atoms with Gasteiger partial charge in [0.1, 0.15) is 5.75 Å². The molecular weight excluding hydrogens is 414 g/mol. The van der Waals surface area contributed by atoms with Crippen LogP contribution >= 0.6 is 0 Å². The summed E-state index contributed by atoms with van der Waals surface area (Å²) in [6.45, 7) is 4.89. The average Bonchev–Trinajstić information content (AvgIpc) is 2.82. The Balaban J connectivity index is 1.36. The van der Waals surface area contributed by atoms with Crippen molar-refractivity contribution in [1.82, 2.24) is 10.3 Å². The molecule has 0 spiro atoms. The monoisotopic (exact) mass is 443 g/mol. The molecule has 0 radical (unpaired) electrons. The van der Waals surface area contributed by atoms with E-state index in [9.17, 15) is 9.59 Å². The molecule has 2 aromatic carbocycles. The van der Waals surface area contributed by atoms with E-state index in [2.05, 4.69) is 15.6 Å². The van der Waals surface area contributed by atoms with Gasteiger partial charge in [0.2, 0.25) is 11.8 Å². The second-order valence-corrected chi connectivity index (χ2v) is 7.79. The molecule has 3 aromatic rings. The van der Waals surface area contributed by atoms with Crippen molar-refractivity contribution in [2.24, 2.45) is 0 Å². The Morgan fingerprint density at radius 2 is 1.76 bits per heavy atom. The molecule has 0 aliphatic carbocycles. The lowest BCUT2D eigenvalue weighted by molar-refractivity contribution is -0.117. The van der Waals surface area contributed by atoms with Crippen LogP contribution < -0.4 is 15.4 Å². The highest BCUT2D eigenvalue weighted by Gasteiger charge is 2.04. The van der Waals surface area contributed by atoms with Crippen molar-refractivity contribution in [2.45, 2.75) is 33.2 Å². The van der Waals surface area contributed by atoms with Crippen LogP contribution in [0.15, 0.2) is 73.1 Å². The van der Waals surface area contributed by atoms with Crippen molar-refractivity contribution < 1.29 is 14.3 Å². The molecule has 0 atom stereocenters. The number of benzene rings is 2. The number of aromatic nitrogens is 1. The summed E-state index contributed by atoms with van der Waals surface area (Å²) in [6, 6.07) is 17.2. The number of hydrogen-bond acceptors (Lipinski definition) is 4. The van der Waals surface area contributed by atoms with Crippen molar-refractivity contribution >= 4 is 23.6 Å². The first-order chi connectivity index (χ1) is 16.0. The predicted octanol–water partition coefficient (Wildman–Crippen LogP) is 4.83.